The Labute approximate surface area is 231 Å². The monoisotopic (exact) mass is 539 g/mol. The Hall–Kier alpha value is -1.40. The number of benzene rings is 1. The molecule has 6 heteroatoms. The third-order valence-corrected chi connectivity index (χ3v) is 12.6. The summed E-state index contributed by atoms with van der Waals surface area (Å²) in [5.74, 6) is 3.42. The lowest BCUT2D eigenvalue weighted by Crippen LogP contribution is -2.62. The largest absolute Gasteiger partial charge is 0.441 e. The molecule has 5 saturated carbocycles. The molecular weight excluding hydrogens is 498 g/mol. The summed E-state index contributed by atoms with van der Waals surface area (Å²) < 4.78 is 12.5. The van der Waals surface area contributed by atoms with Crippen molar-refractivity contribution in [2.75, 3.05) is 7.11 Å². The summed E-state index contributed by atoms with van der Waals surface area (Å²) in [5.41, 5.74) is 3.23. The first-order valence-corrected chi connectivity index (χ1v) is 15.2. The molecule has 5 aliphatic rings. The van der Waals surface area contributed by atoms with Crippen molar-refractivity contribution >= 4 is 22.7 Å². The maximum atomic E-state index is 11.7. The van der Waals surface area contributed by atoms with Crippen LogP contribution in [0.15, 0.2) is 34.8 Å². The van der Waals surface area contributed by atoms with Crippen LogP contribution in [-0.4, -0.2) is 40.6 Å². The number of ether oxygens (including phenoxy) is 1. The minimum absolute atomic E-state index is 0.0743. The molecule has 2 N–H and O–H groups in total. The van der Waals surface area contributed by atoms with E-state index in [-0.39, 0.29) is 29.1 Å². The number of fused-ring (bicyclic) bond motifs is 5. The van der Waals surface area contributed by atoms with E-state index in [1.165, 1.54) is 18.4 Å². The first-order chi connectivity index (χ1) is 18.2. The van der Waals surface area contributed by atoms with E-state index in [0.717, 1.165) is 68.4 Å². The Morgan fingerprint density at radius 2 is 1.95 bits per heavy atom. The van der Waals surface area contributed by atoms with Gasteiger partial charge in [-0.25, -0.2) is 4.98 Å². The fourth-order valence-corrected chi connectivity index (χ4v) is 11.0. The van der Waals surface area contributed by atoms with Crippen LogP contribution in [0.1, 0.15) is 70.6 Å². The smallest absolute Gasteiger partial charge is 0.195 e. The maximum absolute atomic E-state index is 11.7. The number of nitrogens with zero attached hydrogens (tertiary/aromatic N) is 1. The second-order valence-corrected chi connectivity index (χ2v) is 14.1. The summed E-state index contributed by atoms with van der Waals surface area (Å²) in [6.45, 7) is 7.10. The molecule has 11 atom stereocenters. The van der Waals surface area contributed by atoms with Gasteiger partial charge in [0.15, 0.2) is 11.5 Å². The van der Waals surface area contributed by atoms with Crippen LogP contribution >= 0.6 is 11.6 Å². The average molecular weight is 540 g/mol. The van der Waals surface area contributed by atoms with Gasteiger partial charge in [0.2, 0.25) is 0 Å². The molecular formula is C32H42ClNO4. The molecule has 5 aliphatic carbocycles. The van der Waals surface area contributed by atoms with E-state index in [0.29, 0.717) is 40.5 Å². The molecule has 1 aromatic carbocycles. The molecule has 1 spiro atoms. The van der Waals surface area contributed by atoms with Crippen LogP contribution in [0.2, 0.25) is 5.02 Å². The lowest BCUT2D eigenvalue weighted by Gasteiger charge is -2.63. The van der Waals surface area contributed by atoms with Crippen molar-refractivity contribution in [3.8, 4) is 0 Å². The number of aliphatic hydroxyl groups is 2. The van der Waals surface area contributed by atoms with Crippen LogP contribution in [-0.2, 0) is 11.2 Å². The first kappa shape index (κ1) is 25.6. The lowest BCUT2D eigenvalue weighted by molar-refractivity contribution is -0.211. The van der Waals surface area contributed by atoms with Crippen LogP contribution in [0.4, 0.5) is 0 Å². The first-order valence-electron chi connectivity index (χ1n) is 14.9. The molecule has 0 aliphatic heterocycles. The van der Waals surface area contributed by atoms with Crippen LogP contribution < -0.4 is 0 Å². The zero-order valence-electron chi connectivity index (χ0n) is 22.7. The van der Waals surface area contributed by atoms with Crippen molar-refractivity contribution in [3.63, 3.8) is 0 Å². The second kappa shape index (κ2) is 9.06. The summed E-state index contributed by atoms with van der Waals surface area (Å²) in [6, 6.07) is 5.61. The third kappa shape index (κ3) is 3.57. The predicted octanol–water partition coefficient (Wildman–Crippen LogP) is 6.59. The van der Waals surface area contributed by atoms with Gasteiger partial charge in [-0.2, -0.15) is 0 Å². The van der Waals surface area contributed by atoms with Crippen LogP contribution in [0, 0.1) is 46.3 Å². The maximum Gasteiger partial charge on any atom is 0.195 e. The molecule has 1 unspecified atom stereocenters. The molecule has 5 nitrogen and oxygen atoms in total. The van der Waals surface area contributed by atoms with Gasteiger partial charge < -0.3 is 19.4 Å². The van der Waals surface area contributed by atoms with Crippen LogP contribution in [0.25, 0.3) is 11.1 Å². The van der Waals surface area contributed by atoms with Gasteiger partial charge in [-0.3, -0.25) is 0 Å². The number of oxazole rings is 1. The number of aryl methyl sites for hydroxylation is 1. The molecule has 0 bridgehead atoms. The third-order valence-electron chi connectivity index (χ3n) is 12.4. The Balaban J connectivity index is 1.16. The number of methoxy groups -OCH3 is 1. The zero-order valence-corrected chi connectivity index (χ0v) is 23.5. The second-order valence-electron chi connectivity index (χ2n) is 13.7. The fraction of sp³-hybridized carbons (Fsp3) is 0.719. The minimum Gasteiger partial charge on any atom is -0.441 e. The molecule has 7 rings (SSSR count). The molecule has 0 amide bonds. The number of allylic oxidation sites excluding steroid dienone is 1. The summed E-state index contributed by atoms with van der Waals surface area (Å²) >= 11 is 6.16. The normalized spacial score (nSPS) is 46.0. The quantitative estimate of drug-likeness (QED) is 0.429. The molecule has 0 saturated heterocycles. The van der Waals surface area contributed by atoms with Gasteiger partial charge in [-0.1, -0.05) is 30.7 Å². The molecule has 38 heavy (non-hydrogen) atoms. The van der Waals surface area contributed by atoms with Gasteiger partial charge in [0.05, 0.1) is 18.3 Å². The highest BCUT2D eigenvalue weighted by Gasteiger charge is 2.70. The molecule has 206 valence electrons. The Kier molecular flexibility index (Phi) is 6.09. The van der Waals surface area contributed by atoms with E-state index in [4.69, 9.17) is 25.7 Å². The van der Waals surface area contributed by atoms with E-state index < -0.39 is 0 Å². The Bertz CT molecular complexity index is 1240. The molecule has 2 aromatic rings. The van der Waals surface area contributed by atoms with Crippen LogP contribution in [0.3, 0.4) is 0 Å². The van der Waals surface area contributed by atoms with E-state index >= 15 is 0 Å². The van der Waals surface area contributed by atoms with Gasteiger partial charge in [0.1, 0.15) is 5.52 Å². The van der Waals surface area contributed by atoms with Gasteiger partial charge in [0, 0.05) is 24.0 Å². The zero-order chi connectivity index (χ0) is 26.4. The summed E-state index contributed by atoms with van der Waals surface area (Å²) in [5, 5.41) is 22.8. The van der Waals surface area contributed by atoms with Gasteiger partial charge in [-0.05, 0) is 117 Å². The Morgan fingerprint density at radius 3 is 2.76 bits per heavy atom. The molecule has 1 heterocycles. The Morgan fingerprint density at radius 1 is 1.13 bits per heavy atom. The summed E-state index contributed by atoms with van der Waals surface area (Å²) in [7, 11) is 1.91. The van der Waals surface area contributed by atoms with E-state index in [1.54, 1.807) is 0 Å². The fourth-order valence-electron chi connectivity index (χ4n) is 10.8. The predicted molar refractivity (Wildman–Crippen MR) is 148 cm³/mol. The van der Waals surface area contributed by atoms with Gasteiger partial charge in [0.25, 0.3) is 0 Å². The topological polar surface area (TPSA) is 75.7 Å². The van der Waals surface area contributed by atoms with Crippen molar-refractivity contribution in [2.45, 2.75) is 89.4 Å². The number of aromatic nitrogens is 1. The number of hydrogen-bond acceptors (Lipinski definition) is 5. The van der Waals surface area contributed by atoms with Gasteiger partial charge >= 0.3 is 0 Å². The number of hydrogen-bond donors (Lipinski definition) is 2. The average Bonchev–Trinajstić information content (AvgIpc) is 3.53. The number of halogens is 1. The summed E-state index contributed by atoms with van der Waals surface area (Å²) in [4.78, 5) is 4.71. The highest BCUT2D eigenvalue weighted by atomic mass is 35.5. The standard InChI is InChI=1S/C32H42ClNO4/c1-17-16-32-22(21(17)5-9-29-34-25-14-19(33)4-8-27(25)38-29)6-7-23(32)30-24(15-28(32)37-3)31(2)11-10-20(35)12-18(31)13-26(30)36/h4,8,14,18,20-24,26,28,30,35-36H,1,5-7,9-13,15-16H2,2-3H3/t18-,20+,21?,22+,23-,24-,26+,28-,30-,31-,32+/m0/s1. The van der Waals surface area contributed by atoms with Crippen molar-refractivity contribution in [2.24, 2.45) is 46.3 Å². The van der Waals surface area contributed by atoms with Crippen molar-refractivity contribution in [1.29, 1.82) is 0 Å². The minimum atomic E-state index is -0.277. The van der Waals surface area contributed by atoms with Crippen molar-refractivity contribution in [3.05, 3.63) is 41.3 Å². The molecule has 5 fully saturated rings. The SMILES string of the molecule is C=C1C[C@]23[C@@H](OC)C[C@H]4[C@@H]([C@H](O)C[C@@H]5C[C@H](O)CC[C@@]54C)[C@@H]2CC[C@@H]3C1CCc1nc2cc(Cl)ccc2o1. The molecule has 0 radical (unpaired) electrons. The molecule has 1 aromatic heterocycles. The van der Waals surface area contributed by atoms with Crippen molar-refractivity contribution in [1.82, 2.24) is 4.98 Å². The van der Waals surface area contributed by atoms with E-state index in [1.807, 2.05) is 25.3 Å². The number of rotatable bonds is 4. The van der Waals surface area contributed by atoms with Crippen molar-refractivity contribution < 1.29 is 19.4 Å². The van der Waals surface area contributed by atoms with E-state index in [2.05, 4.69) is 13.5 Å². The lowest BCUT2D eigenvalue weighted by atomic mass is 9.43. The number of aliphatic hydroxyl groups excluding tert-OH is 2. The summed E-state index contributed by atoms with van der Waals surface area (Å²) in [6.07, 6.45) is 9.55. The van der Waals surface area contributed by atoms with Gasteiger partial charge in [-0.15, -0.1) is 0 Å². The highest BCUT2D eigenvalue weighted by Crippen LogP contribution is 2.73. The van der Waals surface area contributed by atoms with Crippen LogP contribution in [0.5, 0.6) is 0 Å². The van der Waals surface area contributed by atoms with E-state index in [9.17, 15) is 10.2 Å². The highest BCUT2D eigenvalue weighted by molar-refractivity contribution is 6.31.